The fourth-order valence-electron chi connectivity index (χ4n) is 3.30. The van der Waals surface area contributed by atoms with Crippen LogP contribution in [-0.4, -0.2) is 14.3 Å². The Morgan fingerprint density at radius 3 is 2.43 bits per heavy atom. The maximum absolute atomic E-state index is 12.6. The Hall–Kier alpha value is -2.86. The van der Waals surface area contributed by atoms with Crippen LogP contribution in [-0.2, 0) is 22.9 Å². The van der Waals surface area contributed by atoms with Crippen LogP contribution in [0.3, 0.4) is 0 Å². The lowest BCUT2D eigenvalue weighted by Gasteiger charge is -2.09. The van der Waals surface area contributed by atoms with Crippen LogP contribution in [0, 0.1) is 11.3 Å². The van der Waals surface area contributed by atoms with Crippen molar-refractivity contribution in [2.24, 2.45) is 0 Å². The number of hydrogen-bond acceptors (Lipinski definition) is 5. The van der Waals surface area contributed by atoms with E-state index in [-0.39, 0.29) is 10.8 Å². The minimum Gasteiger partial charge on any atom is -0.312 e. The van der Waals surface area contributed by atoms with E-state index < -0.39 is 10.0 Å². The first-order valence-corrected chi connectivity index (χ1v) is 11.8. The molecular weight excluding hydrogens is 442 g/mol. The van der Waals surface area contributed by atoms with Gasteiger partial charge in [0, 0.05) is 21.2 Å². The van der Waals surface area contributed by atoms with E-state index in [2.05, 4.69) is 16.1 Å². The fraction of sp³-hybridized carbons (Fsp3) is 0.143. The number of nitrogens with zero attached hydrogens (tertiary/aromatic N) is 1. The molecule has 0 aliphatic heterocycles. The first-order valence-electron chi connectivity index (χ1n) is 9.12. The zero-order chi connectivity index (χ0) is 21.3. The molecule has 1 amide bonds. The molecule has 0 atom stereocenters. The lowest BCUT2D eigenvalue weighted by atomic mass is 10.1. The normalized spacial score (nSPS) is 12.8. The lowest BCUT2D eigenvalue weighted by Crippen LogP contribution is -2.14. The highest BCUT2D eigenvalue weighted by molar-refractivity contribution is 7.92. The second-order valence-corrected chi connectivity index (χ2v) is 9.99. The maximum Gasteiger partial charge on any atom is 0.261 e. The van der Waals surface area contributed by atoms with Gasteiger partial charge < -0.3 is 5.32 Å². The molecule has 0 saturated heterocycles. The van der Waals surface area contributed by atoms with Crippen LogP contribution in [0.1, 0.15) is 32.8 Å². The first-order chi connectivity index (χ1) is 14.4. The molecule has 0 spiro atoms. The summed E-state index contributed by atoms with van der Waals surface area (Å²) in [6.07, 6.45) is 2.84. The third-order valence-corrected chi connectivity index (χ3v) is 7.64. The number of thiophene rings is 1. The minimum absolute atomic E-state index is 0.0866. The number of halogens is 1. The van der Waals surface area contributed by atoms with Gasteiger partial charge in [0.2, 0.25) is 0 Å². The SMILES string of the molecule is N#Cc1c(NC(=O)c2ccc(NS(=O)(=O)c3ccc(Cl)cc3)cc2)sc2c1CCC2. The average Bonchev–Trinajstić information content (AvgIpc) is 3.29. The summed E-state index contributed by atoms with van der Waals surface area (Å²) in [4.78, 5) is 13.8. The van der Waals surface area contributed by atoms with Crippen LogP contribution < -0.4 is 10.0 Å². The van der Waals surface area contributed by atoms with Gasteiger partial charge >= 0.3 is 0 Å². The van der Waals surface area contributed by atoms with Gasteiger partial charge in [0.15, 0.2) is 0 Å². The summed E-state index contributed by atoms with van der Waals surface area (Å²) in [5, 5.41) is 13.3. The van der Waals surface area contributed by atoms with Crippen LogP contribution in [0.5, 0.6) is 0 Å². The van der Waals surface area contributed by atoms with Crippen molar-refractivity contribution in [3.05, 3.63) is 75.1 Å². The van der Waals surface area contributed by atoms with Crippen LogP contribution in [0.2, 0.25) is 5.02 Å². The van der Waals surface area contributed by atoms with Gasteiger partial charge in [-0.3, -0.25) is 9.52 Å². The minimum atomic E-state index is -3.76. The number of sulfonamides is 1. The highest BCUT2D eigenvalue weighted by Crippen LogP contribution is 2.38. The van der Waals surface area contributed by atoms with Crippen molar-refractivity contribution < 1.29 is 13.2 Å². The molecule has 0 fully saturated rings. The number of nitriles is 1. The summed E-state index contributed by atoms with van der Waals surface area (Å²) in [7, 11) is -3.76. The Bertz CT molecular complexity index is 1260. The molecule has 1 aromatic heterocycles. The summed E-state index contributed by atoms with van der Waals surface area (Å²) < 4.78 is 27.4. The second-order valence-electron chi connectivity index (χ2n) is 6.76. The molecule has 0 bridgehead atoms. The number of benzene rings is 2. The molecule has 2 N–H and O–H groups in total. The smallest absolute Gasteiger partial charge is 0.261 e. The summed E-state index contributed by atoms with van der Waals surface area (Å²) >= 11 is 7.25. The van der Waals surface area contributed by atoms with Gasteiger partial charge in [0.1, 0.15) is 11.1 Å². The van der Waals surface area contributed by atoms with Gasteiger partial charge in [0.05, 0.1) is 10.5 Å². The third kappa shape index (κ3) is 4.05. The molecule has 9 heteroatoms. The Labute approximate surface area is 183 Å². The molecule has 4 rings (SSSR count). The second kappa shape index (κ2) is 8.11. The molecule has 1 aliphatic carbocycles. The van der Waals surface area contributed by atoms with Gasteiger partial charge in [0.25, 0.3) is 15.9 Å². The van der Waals surface area contributed by atoms with E-state index in [4.69, 9.17) is 11.6 Å². The maximum atomic E-state index is 12.6. The summed E-state index contributed by atoms with van der Waals surface area (Å²) in [6, 6.07) is 14.1. The van der Waals surface area contributed by atoms with E-state index >= 15 is 0 Å². The van der Waals surface area contributed by atoms with E-state index in [0.29, 0.717) is 26.8 Å². The average molecular weight is 458 g/mol. The van der Waals surface area contributed by atoms with E-state index in [1.54, 1.807) is 0 Å². The van der Waals surface area contributed by atoms with Crippen molar-refractivity contribution in [2.75, 3.05) is 10.0 Å². The molecule has 1 aliphatic rings. The molecule has 2 aromatic carbocycles. The monoisotopic (exact) mass is 457 g/mol. The summed E-state index contributed by atoms with van der Waals surface area (Å²) in [6.45, 7) is 0. The van der Waals surface area contributed by atoms with Crippen LogP contribution in [0.25, 0.3) is 0 Å². The number of hydrogen-bond donors (Lipinski definition) is 2. The summed E-state index contributed by atoms with van der Waals surface area (Å²) in [5.41, 5.74) is 2.29. The highest BCUT2D eigenvalue weighted by atomic mass is 35.5. The quantitative estimate of drug-likeness (QED) is 0.574. The number of rotatable bonds is 5. The van der Waals surface area contributed by atoms with E-state index in [9.17, 15) is 18.5 Å². The standard InChI is InChI=1S/C21H16ClN3O3S2/c22-14-6-10-16(11-7-14)30(27,28)25-15-8-4-13(5-9-15)20(26)24-21-18(12-23)17-2-1-3-19(17)29-21/h4-11,25H,1-3H2,(H,24,26). The Balaban J connectivity index is 1.48. The zero-order valence-electron chi connectivity index (χ0n) is 15.6. The van der Waals surface area contributed by atoms with Gasteiger partial charge in [-0.05, 0) is 73.4 Å². The predicted octanol–water partition coefficient (Wildman–Crippen LogP) is 4.81. The van der Waals surface area contributed by atoms with Gasteiger partial charge in [-0.15, -0.1) is 11.3 Å². The number of amides is 1. The van der Waals surface area contributed by atoms with Crippen molar-refractivity contribution in [3.8, 4) is 6.07 Å². The first kappa shape index (κ1) is 20.4. The largest absolute Gasteiger partial charge is 0.312 e. The number of aryl methyl sites for hydroxylation is 1. The Kier molecular flexibility index (Phi) is 5.52. The molecule has 1 heterocycles. The molecular formula is C21H16ClN3O3S2. The zero-order valence-corrected chi connectivity index (χ0v) is 18.0. The molecule has 0 saturated carbocycles. The van der Waals surface area contributed by atoms with Crippen molar-refractivity contribution in [3.63, 3.8) is 0 Å². The molecule has 0 unspecified atom stereocenters. The van der Waals surface area contributed by atoms with Crippen molar-refractivity contribution >= 4 is 49.6 Å². The van der Waals surface area contributed by atoms with E-state index in [0.717, 1.165) is 29.7 Å². The summed E-state index contributed by atoms with van der Waals surface area (Å²) in [5.74, 6) is -0.349. The van der Waals surface area contributed by atoms with E-state index in [1.807, 2.05) is 0 Å². The fourth-order valence-corrected chi connectivity index (χ4v) is 5.72. The third-order valence-electron chi connectivity index (χ3n) is 4.78. The van der Waals surface area contributed by atoms with Gasteiger partial charge in [-0.1, -0.05) is 11.6 Å². The van der Waals surface area contributed by atoms with Gasteiger partial charge in [-0.2, -0.15) is 5.26 Å². The van der Waals surface area contributed by atoms with Crippen molar-refractivity contribution in [1.82, 2.24) is 0 Å². The van der Waals surface area contributed by atoms with Crippen molar-refractivity contribution in [1.29, 1.82) is 5.26 Å². The van der Waals surface area contributed by atoms with E-state index in [1.165, 1.54) is 59.9 Å². The lowest BCUT2D eigenvalue weighted by molar-refractivity contribution is 0.102. The topological polar surface area (TPSA) is 99.1 Å². The molecule has 6 nitrogen and oxygen atoms in total. The molecule has 3 aromatic rings. The van der Waals surface area contributed by atoms with Gasteiger partial charge in [-0.25, -0.2) is 8.42 Å². The highest BCUT2D eigenvalue weighted by Gasteiger charge is 2.23. The molecule has 152 valence electrons. The number of nitrogens with one attached hydrogen (secondary N) is 2. The predicted molar refractivity (Wildman–Crippen MR) is 118 cm³/mol. The number of anilines is 2. The number of fused-ring (bicyclic) bond motifs is 1. The Morgan fingerprint density at radius 1 is 1.07 bits per heavy atom. The van der Waals surface area contributed by atoms with Crippen LogP contribution in [0.4, 0.5) is 10.7 Å². The number of carbonyl (C=O) groups excluding carboxylic acids is 1. The van der Waals surface area contributed by atoms with Crippen LogP contribution in [0.15, 0.2) is 53.4 Å². The van der Waals surface area contributed by atoms with Crippen LogP contribution >= 0.6 is 22.9 Å². The number of carbonyl (C=O) groups is 1. The molecule has 30 heavy (non-hydrogen) atoms. The molecule has 0 radical (unpaired) electrons. The van der Waals surface area contributed by atoms with Crippen molar-refractivity contribution in [2.45, 2.75) is 24.2 Å². The Morgan fingerprint density at radius 2 is 1.77 bits per heavy atom.